The molecule has 0 heterocycles. The van der Waals surface area contributed by atoms with Gasteiger partial charge in [0.15, 0.2) is 0 Å². The summed E-state index contributed by atoms with van der Waals surface area (Å²) in [6, 6.07) is 7.27. The van der Waals surface area contributed by atoms with Crippen molar-refractivity contribution in [3.05, 3.63) is 50.4 Å². The van der Waals surface area contributed by atoms with Gasteiger partial charge in [0.05, 0.1) is 6.61 Å². The van der Waals surface area contributed by atoms with Crippen LogP contribution in [0.5, 0.6) is 0 Å². The van der Waals surface area contributed by atoms with Gasteiger partial charge in [-0.15, -0.1) is 0 Å². The Morgan fingerprint density at radius 2 is 2.29 bits per heavy atom. The summed E-state index contributed by atoms with van der Waals surface area (Å²) in [4.78, 5) is 14.1. The first kappa shape index (κ1) is 13.3. The van der Waals surface area contributed by atoms with E-state index >= 15 is 0 Å². The second-order valence-electron chi connectivity index (χ2n) is 2.96. The smallest absolute Gasteiger partial charge is 0.340 e. The second kappa shape index (κ2) is 6.73. The number of halogens is 1. The normalized spacial score (nSPS) is 10.6. The molecule has 0 saturated heterocycles. The quantitative estimate of drug-likeness (QED) is 0.279. The highest BCUT2D eigenvalue weighted by molar-refractivity contribution is 9.10. The lowest BCUT2D eigenvalue weighted by atomic mass is 10.2. The number of nitrogens with zero attached hydrogens (tertiary/aromatic N) is 3. The number of carbonyl (C=O) groups excluding carboxylic acids is 1. The second-order valence-corrected chi connectivity index (χ2v) is 3.82. The van der Waals surface area contributed by atoms with E-state index in [1.165, 1.54) is 6.08 Å². The van der Waals surface area contributed by atoms with Gasteiger partial charge in [0.1, 0.15) is 5.70 Å². The third kappa shape index (κ3) is 3.94. The molecule has 0 saturated carbocycles. The largest absolute Gasteiger partial charge is 0.462 e. The zero-order valence-corrected chi connectivity index (χ0v) is 10.7. The van der Waals surface area contributed by atoms with Gasteiger partial charge in [-0.25, -0.2) is 4.79 Å². The molecule has 0 bridgehead atoms. The zero-order chi connectivity index (χ0) is 12.7. The van der Waals surface area contributed by atoms with Crippen LogP contribution in [-0.4, -0.2) is 12.6 Å². The minimum atomic E-state index is -0.638. The van der Waals surface area contributed by atoms with Crippen LogP contribution in [0, 0.1) is 0 Å². The van der Waals surface area contributed by atoms with Gasteiger partial charge in [0, 0.05) is 9.38 Å². The first-order valence-electron chi connectivity index (χ1n) is 4.87. The van der Waals surface area contributed by atoms with Crippen LogP contribution in [0.2, 0.25) is 0 Å². The maximum atomic E-state index is 11.5. The zero-order valence-electron chi connectivity index (χ0n) is 9.13. The standard InChI is InChI=1S/C11H10BrN3O2/c1-2-17-11(16)10(14-15-13)7-8-5-3-4-6-9(8)12/h3-7H,2H2,1H3. The molecule has 0 amide bonds. The van der Waals surface area contributed by atoms with Crippen LogP contribution >= 0.6 is 15.9 Å². The summed E-state index contributed by atoms with van der Waals surface area (Å²) in [6.07, 6.45) is 1.47. The molecule has 17 heavy (non-hydrogen) atoms. The van der Waals surface area contributed by atoms with Crippen LogP contribution in [0.4, 0.5) is 0 Å². The predicted molar refractivity (Wildman–Crippen MR) is 67.9 cm³/mol. The van der Waals surface area contributed by atoms with Crippen molar-refractivity contribution in [3.8, 4) is 0 Å². The van der Waals surface area contributed by atoms with Crippen LogP contribution < -0.4 is 0 Å². The van der Waals surface area contributed by atoms with Crippen molar-refractivity contribution in [2.75, 3.05) is 6.61 Å². The number of rotatable bonds is 4. The van der Waals surface area contributed by atoms with Gasteiger partial charge < -0.3 is 4.74 Å². The van der Waals surface area contributed by atoms with Gasteiger partial charge in [0.2, 0.25) is 0 Å². The Kier molecular flexibility index (Phi) is 5.26. The molecule has 0 aliphatic heterocycles. The Morgan fingerprint density at radius 3 is 2.88 bits per heavy atom. The van der Waals surface area contributed by atoms with E-state index in [-0.39, 0.29) is 12.3 Å². The Morgan fingerprint density at radius 1 is 1.59 bits per heavy atom. The molecule has 0 aliphatic carbocycles. The number of benzene rings is 1. The molecular weight excluding hydrogens is 286 g/mol. The molecule has 1 aromatic rings. The van der Waals surface area contributed by atoms with Crippen molar-refractivity contribution >= 4 is 28.0 Å². The van der Waals surface area contributed by atoms with Crippen LogP contribution in [0.25, 0.3) is 16.5 Å². The fraction of sp³-hybridized carbons (Fsp3) is 0.182. The van der Waals surface area contributed by atoms with Gasteiger partial charge in [-0.3, -0.25) is 0 Å². The number of azide groups is 1. The number of esters is 1. The lowest BCUT2D eigenvalue weighted by molar-refractivity contribution is -0.138. The van der Waals surface area contributed by atoms with Crippen LogP contribution in [-0.2, 0) is 9.53 Å². The molecule has 0 aliphatic rings. The monoisotopic (exact) mass is 295 g/mol. The van der Waals surface area contributed by atoms with Gasteiger partial charge in [0.25, 0.3) is 0 Å². The van der Waals surface area contributed by atoms with E-state index in [1.807, 2.05) is 18.2 Å². The van der Waals surface area contributed by atoms with Gasteiger partial charge >= 0.3 is 5.97 Å². The van der Waals surface area contributed by atoms with Crippen molar-refractivity contribution < 1.29 is 9.53 Å². The van der Waals surface area contributed by atoms with E-state index in [1.54, 1.807) is 13.0 Å². The van der Waals surface area contributed by atoms with Crippen LogP contribution in [0.3, 0.4) is 0 Å². The maximum absolute atomic E-state index is 11.5. The summed E-state index contributed by atoms with van der Waals surface area (Å²) in [5.41, 5.74) is 9.07. The summed E-state index contributed by atoms with van der Waals surface area (Å²) in [5.74, 6) is -0.638. The fourth-order valence-corrected chi connectivity index (χ4v) is 1.52. The topological polar surface area (TPSA) is 75.1 Å². The molecule has 0 atom stereocenters. The number of hydrogen-bond acceptors (Lipinski definition) is 3. The van der Waals surface area contributed by atoms with Gasteiger partial charge in [-0.1, -0.05) is 39.2 Å². The molecule has 0 fully saturated rings. The first-order chi connectivity index (χ1) is 8.19. The summed E-state index contributed by atoms with van der Waals surface area (Å²) in [5, 5.41) is 3.33. The molecule has 0 spiro atoms. The fourth-order valence-electron chi connectivity index (χ4n) is 1.12. The summed E-state index contributed by atoms with van der Waals surface area (Å²) >= 11 is 3.33. The molecule has 0 aromatic heterocycles. The lowest BCUT2D eigenvalue weighted by Crippen LogP contribution is -2.05. The average Bonchev–Trinajstić information content (AvgIpc) is 2.31. The molecule has 0 N–H and O–H groups in total. The minimum Gasteiger partial charge on any atom is -0.462 e. The van der Waals surface area contributed by atoms with Gasteiger partial charge in [-0.2, -0.15) is 0 Å². The maximum Gasteiger partial charge on any atom is 0.340 e. The molecular formula is C11H10BrN3O2. The Balaban J connectivity index is 3.11. The molecule has 6 heteroatoms. The van der Waals surface area contributed by atoms with E-state index in [0.29, 0.717) is 0 Å². The summed E-state index contributed by atoms with van der Waals surface area (Å²) < 4.78 is 5.58. The third-order valence-corrected chi connectivity index (χ3v) is 2.56. The summed E-state index contributed by atoms with van der Waals surface area (Å²) in [6.45, 7) is 1.91. The number of ether oxygens (including phenoxy) is 1. The summed E-state index contributed by atoms with van der Waals surface area (Å²) in [7, 11) is 0. The average molecular weight is 296 g/mol. The Labute approximate surface area is 107 Å². The molecule has 1 rings (SSSR count). The molecule has 0 radical (unpaired) electrons. The van der Waals surface area contributed by atoms with Crippen molar-refractivity contribution in [1.29, 1.82) is 0 Å². The Bertz CT molecular complexity index is 493. The van der Waals surface area contributed by atoms with E-state index in [0.717, 1.165) is 10.0 Å². The van der Waals surface area contributed by atoms with E-state index in [2.05, 4.69) is 26.0 Å². The number of carbonyl (C=O) groups is 1. The molecule has 5 nitrogen and oxygen atoms in total. The van der Waals surface area contributed by atoms with Gasteiger partial charge in [-0.05, 0) is 30.2 Å². The number of hydrogen-bond donors (Lipinski definition) is 0. The van der Waals surface area contributed by atoms with Crippen LogP contribution in [0.1, 0.15) is 12.5 Å². The Hall–Kier alpha value is -1.78. The molecule has 0 unspecified atom stereocenters. The third-order valence-electron chi connectivity index (χ3n) is 1.83. The predicted octanol–water partition coefficient (Wildman–Crippen LogP) is 3.66. The highest BCUT2D eigenvalue weighted by atomic mass is 79.9. The van der Waals surface area contributed by atoms with Crippen molar-refractivity contribution in [2.24, 2.45) is 5.11 Å². The van der Waals surface area contributed by atoms with Crippen molar-refractivity contribution in [1.82, 2.24) is 0 Å². The van der Waals surface area contributed by atoms with E-state index in [4.69, 9.17) is 10.3 Å². The highest BCUT2D eigenvalue weighted by Gasteiger charge is 2.09. The minimum absolute atomic E-state index is 0.0683. The van der Waals surface area contributed by atoms with E-state index in [9.17, 15) is 4.79 Å². The van der Waals surface area contributed by atoms with Crippen molar-refractivity contribution in [2.45, 2.75) is 6.92 Å². The van der Waals surface area contributed by atoms with Crippen LogP contribution in [0.15, 0.2) is 39.5 Å². The highest BCUT2D eigenvalue weighted by Crippen LogP contribution is 2.19. The lowest BCUT2D eigenvalue weighted by Gasteiger charge is -2.02. The SMILES string of the molecule is CCOC(=O)C(=Cc1ccccc1Br)N=[N+]=[N-]. The molecule has 1 aromatic carbocycles. The first-order valence-corrected chi connectivity index (χ1v) is 5.66. The van der Waals surface area contributed by atoms with Crippen molar-refractivity contribution in [3.63, 3.8) is 0 Å². The van der Waals surface area contributed by atoms with E-state index < -0.39 is 5.97 Å². The molecule has 88 valence electrons.